The summed E-state index contributed by atoms with van der Waals surface area (Å²) < 4.78 is 2.11. The lowest BCUT2D eigenvalue weighted by Gasteiger charge is -2.24. The molecule has 0 saturated heterocycles. The zero-order valence-electron chi connectivity index (χ0n) is 10.4. The molecule has 1 rings (SSSR count). The molecule has 1 heterocycles. The summed E-state index contributed by atoms with van der Waals surface area (Å²) >= 11 is 0. The van der Waals surface area contributed by atoms with Crippen molar-refractivity contribution < 1.29 is 0 Å². The second-order valence-electron chi connectivity index (χ2n) is 4.97. The molecule has 0 radical (unpaired) electrons. The van der Waals surface area contributed by atoms with Crippen LogP contribution >= 0.6 is 0 Å². The van der Waals surface area contributed by atoms with Gasteiger partial charge in [-0.3, -0.25) is 0 Å². The smallest absolute Gasteiger partial charge is 0.108 e. The monoisotopic (exact) mass is 209 g/mol. The Labute approximate surface area is 92.9 Å². The van der Waals surface area contributed by atoms with Gasteiger partial charge in [-0.2, -0.15) is 0 Å². The van der Waals surface area contributed by atoms with E-state index in [-0.39, 0.29) is 0 Å². The first kappa shape index (κ1) is 12.2. The van der Waals surface area contributed by atoms with Crippen molar-refractivity contribution in [2.24, 2.45) is 12.5 Å². The molecule has 3 heteroatoms. The van der Waals surface area contributed by atoms with Crippen LogP contribution in [0.1, 0.15) is 32.5 Å². The largest absolute Gasteiger partial charge is 0.338 e. The first-order valence-corrected chi connectivity index (χ1v) is 5.66. The lowest BCUT2D eigenvalue weighted by molar-refractivity contribution is 0.302. The van der Waals surface area contributed by atoms with Crippen molar-refractivity contribution in [3.8, 4) is 0 Å². The average Bonchev–Trinajstić information content (AvgIpc) is 2.58. The Bertz CT molecular complexity index is 289. The fraction of sp³-hybridized carbons (Fsp3) is 0.750. The van der Waals surface area contributed by atoms with E-state index in [0.29, 0.717) is 5.41 Å². The molecule has 0 unspecified atom stereocenters. The Morgan fingerprint density at radius 2 is 2.13 bits per heavy atom. The summed E-state index contributed by atoms with van der Waals surface area (Å²) in [6.45, 7) is 5.74. The molecule has 3 nitrogen and oxygen atoms in total. The summed E-state index contributed by atoms with van der Waals surface area (Å²) in [5, 5.41) is 3.21. The summed E-state index contributed by atoms with van der Waals surface area (Å²) in [5.41, 5.74) is 0.398. The average molecular weight is 209 g/mol. The van der Waals surface area contributed by atoms with Crippen LogP contribution in [-0.4, -0.2) is 23.1 Å². The summed E-state index contributed by atoms with van der Waals surface area (Å²) in [6, 6.07) is 0. The molecule has 0 saturated carbocycles. The van der Waals surface area contributed by atoms with Crippen LogP contribution in [0.2, 0.25) is 0 Å². The van der Waals surface area contributed by atoms with Crippen molar-refractivity contribution in [2.75, 3.05) is 13.6 Å². The number of rotatable bonds is 6. The molecule has 1 N–H and O–H groups in total. The summed E-state index contributed by atoms with van der Waals surface area (Å²) in [5.74, 6) is 1.19. The molecule has 0 fully saturated rings. The molecule has 0 atom stereocenters. The highest BCUT2D eigenvalue weighted by Crippen LogP contribution is 2.25. The van der Waals surface area contributed by atoms with Crippen molar-refractivity contribution >= 4 is 0 Å². The van der Waals surface area contributed by atoms with E-state index in [1.807, 2.05) is 19.4 Å². The van der Waals surface area contributed by atoms with Crippen LogP contribution in [0.3, 0.4) is 0 Å². The molecular formula is C12H23N3. The van der Waals surface area contributed by atoms with Gasteiger partial charge in [-0.1, -0.05) is 13.8 Å². The molecule has 86 valence electrons. The van der Waals surface area contributed by atoms with Gasteiger partial charge in [-0.25, -0.2) is 4.98 Å². The molecular weight excluding hydrogens is 186 g/mol. The third-order valence-electron chi connectivity index (χ3n) is 3.00. The van der Waals surface area contributed by atoms with Crippen LogP contribution in [0.15, 0.2) is 12.4 Å². The van der Waals surface area contributed by atoms with Gasteiger partial charge in [-0.05, 0) is 31.8 Å². The Balaban J connectivity index is 2.39. The zero-order chi connectivity index (χ0) is 11.3. The van der Waals surface area contributed by atoms with Crippen LogP contribution in [-0.2, 0) is 13.5 Å². The van der Waals surface area contributed by atoms with Crippen LogP contribution in [0.4, 0.5) is 0 Å². The van der Waals surface area contributed by atoms with Gasteiger partial charge in [0.25, 0.3) is 0 Å². The van der Waals surface area contributed by atoms with Crippen LogP contribution in [0, 0.1) is 5.41 Å². The van der Waals surface area contributed by atoms with Gasteiger partial charge >= 0.3 is 0 Å². The molecule has 0 spiro atoms. The fourth-order valence-electron chi connectivity index (χ4n) is 1.68. The highest BCUT2D eigenvalue weighted by molar-refractivity contribution is 4.92. The normalized spacial score (nSPS) is 12.0. The van der Waals surface area contributed by atoms with E-state index in [1.165, 1.54) is 18.7 Å². The van der Waals surface area contributed by atoms with Crippen molar-refractivity contribution in [1.82, 2.24) is 14.9 Å². The van der Waals surface area contributed by atoms with Gasteiger partial charge in [-0.15, -0.1) is 0 Å². The third-order valence-corrected chi connectivity index (χ3v) is 3.00. The fourth-order valence-corrected chi connectivity index (χ4v) is 1.68. The van der Waals surface area contributed by atoms with Crippen molar-refractivity contribution in [1.29, 1.82) is 0 Å². The summed E-state index contributed by atoms with van der Waals surface area (Å²) in [7, 11) is 4.07. The second-order valence-corrected chi connectivity index (χ2v) is 4.97. The second kappa shape index (κ2) is 5.31. The van der Waals surface area contributed by atoms with Gasteiger partial charge in [0, 0.05) is 25.9 Å². The molecule has 0 amide bonds. The molecule has 0 aliphatic heterocycles. The Hall–Kier alpha value is -0.830. The Morgan fingerprint density at radius 3 is 2.67 bits per heavy atom. The number of aromatic nitrogens is 2. The predicted molar refractivity (Wildman–Crippen MR) is 63.9 cm³/mol. The molecule has 15 heavy (non-hydrogen) atoms. The standard InChI is InChI=1S/C12H23N3/c1-12(2,7-8-13-3)6-5-11-14-9-10-15(11)4/h9-10,13H,5-8H2,1-4H3. The molecule has 0 bridgehead atoms. The molecule has 1 aromatic heterocycles. The van der Waals surface area contributed by atoms with Crippen molar-refractivity contribution in [3.05, 3.63) is 18.2 Å². The van der Waals surface area contributed by atoms with Crippen molar-refractivity contribution in [3.63, 3.8) is 0 Å². The predicted octanol–water partition coefficient (Wildman–Crippen LogP) is 1.99. The third kappa shape index (κ3) is 4.04. The quantitative estimate of drug-likeness (QED) is 0.776. The summed E-state index contributed by atoms with van der Waals surface area (Å²) in [4.78, 5) is 4.35. The molecule has 0 aliphatic carbocycles. The minimum absolute atomic E-state index is 0.398. The maximum Gasteiger partial charge on any atom is 0.108 e. The van der Waals surface area contributed by atoms with E-state index in [4.69, 9.17) is 0 Å². The lowest BCUT2D eigenvalue weighted by atomic mass is 9.84. The number of imidazole rings is 1. The maximum atomic E-state index is 4.35. The summed E-state index contributed by atoms with van der Waals surface area (Å²) in [6.07, 6.45) is 7.36. The molecule has 0 aromatic carbocycles. The van der Waals surface area contributed by atoms with Crippen LogP contribution in [0.25, 0.3) is 0 Å². The lowest BCUT2D eigenvalue weighted by Crippen LogP contribution is -2.20. The number of hydrogen-bond acceptors (Lipinski definition) is 2. The minimum Gasteiger partial charge on any atom is -0.338 e. The number of aryl methyl sites for hydroxylation is 2. The molecule has 1 aromatic rings. The number of nitrogens with zero attached hydrogens (tertiary/aromatic N) is 2. The van der Waals surface area contributed by atoms with E-state index in [1.54, 1.807) is 0 Å². The van der Waals surface area contributed by atoms with E-state index in [0.717, 1.165) is 13.0 Å². The van der Waals surface area contributed by atoms with Gasteiger partial charge in [0.2, 0.25) is 0 Å². The van der Waals surface area contributed by atoms with Crippen molar-refractivity contribution in [2.45, 2.75) is 33.1 Å². The molecule has 0 aliphatic rings. The van der Waals surface area contributed by atoms with Gasteiger partial charge in [0.15, 0.2) is 0 Å². The van der Waals surface area contributed by atoms with E-state index < -0.39 is 0 Å². The Morgan fingerprint density at radius 1 is 1.40 bits per heavy atom. The minimum atomic E-state index is 0.398. The number of nitrogens with one attached hydrogen (secondary N) is 1. The van der Waals surface area contributed by atoms with E-state index in [9.17, 15) is 0 Å². The van der Waals surface area contributed by atoms with Gasteiger partial charge in [0.05, 0.1) is 0 Å². The first-order chi connectivity index (χ1) is 7.05. The highest BCUT2D eigenvalue weighted by atomic mass is 15.0. The highest BCUT2D eigenvalue weighted by Gasteiger charge is 2.17. The van der Waals surface area contributed by atoms with E-state index >= 15 is 0 Å². The maximum absolute atomic E-state index is 4.35. The van der Waals surface area contributed by atoms with Crippen LogP contribution < -0.4 is 5.32 Å². The SMILES string of the molecule is CNCCC(C)(C)CCc1nccn1C. The van der Waals surface area contributed by atoms with E-state index in [2.05, 4.69) is 35.8 Å². The first-order valence-electron chi connectivity index (χ1n) is 5.66. The van der Waals surface area contributed by atoms with Crippen LogP contribution in [0.5, 0.6) is 0 Å². The Kier molecular flexibility index (Phi) is 4.33. The topological polar surface area (TPSA) is 29.9 Å². The number of hydrogen-bond donors (Lipinski definition) is 1. The zero-order valence-corrected chi connectivity index (χ0v) is 10.4. The van der Waals surface area contributed by atoms with Gasteiger partial charge in [0.1, 0.15) is 5.82 Å². The van der Waals surface area contributed by atoms with Gasteiger partial charge < -0.3 is 9.88 Å².